The van der Waals surface area contributed by atoms with E-state index in [0.717, 1.165) is 121 Å². The molecule has 18 nitrogen and oxygen atoms in total. The van der Waals surface area contributed by atoms with E-state index in [2.05, 4.69) is 50.4 Å². The molecule has 4 aromatic heterocycles. The lowest BCUT2D eigenvalue weighted by Crippen LogP contribution is -2.50. The van der Waals surface area contributed by atoms with Gasteiger partial charge in [-0.05, 0) is 98.7 Å². The zero-order valence-corrected chi connectivity index (χ0v) is 49.6. The van der Waals surface area contributed by atoms with Gasteiger partial charge in [-0.15, -0.1) is 11.3 Å². The highest BCUT2D eigenvalue weighted by molar-refractivity contribution is 7.13. The van der Waals surface area contributed by atoms with Crippen LogP contribution >= 0.6 is 11.3 Å². The molecule has 20 heteroatoms. The van der Waals surface area contributed by atoms with E-state index in [-0.39, 0.29) is 78.2 Å². The number of hydrogen-bond acceptors (Lipinski definition) is 16. The van der Waals surface area contributed by atoms with E-state index in [1.807, 2.05) is 80.6 Å². The number of carbonyl (C=O) groups is 3. The summed E-state index contributed by atoms with van der Waals surface area (Å²) in [7, 11) is 0. The number of aryl methyl sites for hydroxylation is 2. The molecule has 442 valence electrons. The van der Waals surface area contributed by atoms with Gasteiger partial charge in [0.15, 0.2) is 17.4 Å². The average Bonchev–Trinajstić information content (AvgIpc) is 4.01. The zero-order valence-electron chi connectivity index (χ0n) is 48.8. The molecule has 5 aliphatic rings. The Morgan fingerprint density at radius 2 is 1.68 bits per heavy atom. The van der Waals surface area contributed by atoms with Crippen LogP contribution < -0.4 is 19.9 Å². The van der Waals surface area contributed by atoms with Crippen LogP contribution in [-0.2, 0) is 20.7 Å². The minimum absolute atomic E-state index is 0.0103. The van der Waals surface area contributed by atoms with Gasteiger partial charge in [-0.1, -0.05) is 99.4 Å². The fourth-order valence-corrected chi connectivity index (χ4v) is 14.6. The summed E-state index contributed by atoms with van der Waals surface area (Å²) in [6.45, 7) is 14.7. The van der Waals surface area contributed by atoms with E-state index in [4.69, 9.17) is 28.9 Å². The van der Waals surface area contributed by atoms with Crippen LogP contribution in [0.4, 0.5) is 20.8 Å². The lowest BCUT2D eigenvalue weighted by Gasteiger charge is -2.36. The molecule has 0 unspecified atom stereocenters. The quantitative estimate of drug-likeness (QED) is 0.0927. The number of nitrogens with zero attached hydrogens (tertiary/aromatic N) is 10. The number of fused-ring (bicyclic) bond motifs is 3. The molecule has 0 spiro atoms. The lowest BCUT2D eigenvalue weighted by atomic mass is 9.91. The molecule has 5 aliphatic heterocycles. The summed E-state index contributed by atoms with van der Waals surface area (Å²) in [6.07, 6.45) is 9.32. The number of amides is 3. The second kappa shape index (κ2) is 24.4. The molecule has 0 saturated carbocycles. The van der Waals surface area contributed by atoms with Crippen molar-refractivity contribution in [1.82, 2.24) is 45.1 Å². The summed E-state index contributed by atoms with van der Waals surface area (Å²) in [5, 5.41) is 20.9. The van der Waals surface area contributed by atoms with Gasteiger partial charge in [0.1, 0.15) is 42.2 Å². The van der Waals surface area contributed by atoms with Crippen LogP contribution in [0.2, 0.25) is 0 Å². The molecule has 5 saturated heterocycles. The highest BCUT2D eigenvalue weighted by atomic mass is 32.1. The normalized spacial score (nSPS) is 22.0. The number of nitrogens with one attached hydrogen (secondary N) is 1. The number of halogens is 1. The Kier molecular flexibility index (Phi) is 16.6. The third-order valence-corrected chi connectivity index (χ3v) is 19.3. The van der Waals surface area contributed by atoms with Crippen molar-refractivity contribution >= 4 is 62.6 Å². The average molecular weight is 1160 g/mol. The molecule has 7 aromatic rings. The van der Waals surface area contributed by atoms with Crippen LogP contribution in [0.3, 0.4) is 0 Å². The summed E-state index contributed by atoms with van der Waals surface area (Å²) >= 11 is 1.58. The van der Waals surface area contributed by atoms with Crippen LogP contribution in [0.25, 0.3) is 43.4 Å². The molecule has 0 aliphatic carbocycles. The van der Waals surface area contributed by atoms with Crippen LogP contribution in [0.5, 0.6) is 6.01 Å². The molecule has 12 rings (SSSR count). The summed E-state index contributed by atoms with van der Waals surface area (Å²) < 4.78 is 35.9. The smallest absolute Gasteiger partial charge is 0.409 e. The summed E-state index contributed by atoms with van der Waals surface area (Å²) in [6, 6.07) is 20.9. The van der Waals surface area contributed by atoms with Crippen molar-refractivity contribution in [2.45, 2.75) is 135 Å². The standard InChI is InChI=1S/C64H76FN11O7S/c1-6-42-14-11-15-44-16-12-17-48(54(42)44)56-55(65)57-49(34-66-56)59(73-25-9-7-8-10-26-73)70-62(69-57)82-37-64-23-13-27-76(64)46(22-24-64)36-81-63(80)74-30-28-72(29-31-74)52-33-51(83-71-52)53(39(2)3)61(79)75-35-47(77)32-50(75)60(78)68-40(4)43-18-20-45(21-19-43)58-41(5)67-38-84-58/h11-12,14-21,33-34,38-40,46-47,50,53,77H,6-10,13,22-32,35-37H2,1-5H3,(H,68,78)/t40-,46+,47+,50-,53+,64-/m0/s1. The Morgan fingerprint density at radius 1 is 0.905 bits per heavy atom. The van der Waals surface area contributed by atoms with E-state index in [1.165, 1.54) is 4.90 Å². The molecular formula is C64H76FN11O7S. The van der Waals surface area contributed by atoms with Gasteiger partial charge in [-0.3, -0.25) is 19.5 Å². The number of aliphatic hydroxyl groups is 1. The number of anilines is 2. The largest absolute Gasteiger partial charge is 0.461 e. The number of β-amino-alcohol motifs (C(OH)–C–C–N with tert-alkyl or cyclic N) is 1. The van der Waals surface area contributed by atoms with Crippen molar-refractivity contribution in [2.75, 3.05) is 75.4 Å². The second-order valence-corrected chi connectivity index (χ2v) is 24.8. The molecule has 0 bridgehead atoms. The predicted molar refractivity (Wildman–Crippen MR) is 322 cm³/mol. The van der Waals surface area contributed by atoms with Gasteiger partial charge in [0.2, 0.25) is 11.8 Å². The van der Waals surface area contributed by atoms with E-state index in [9.17, 15) is 19.5 Å². The Bertz CT molecular complexity index is 3520. The van der Waals surface area contributed by atoms with Gasteiger partial charge in [0, 0.05) is 76.1 Å². The number of aliphatic hydroxyl groups excluding tert-OH is 1. The third-order valence-electron chi connectivity index (χ3n) is 18.3. The molecule has 9 heterocycles. The third kappa shape index (κ3) is 11.3. The molecule has 2 N–H and O–H groups in total. The first-order chi connectivity index (χ1) is 40.8. The summed E-state index contributed by atoms with van der Waals surface area (Å²) in [5.41, 5.74) is 6.80. The number of hydrogen-bond donors (Lipinski definition) is 2. The van der Waals surface area contributed by atoms with Crippen molar-refractivity contribution in [3.63, 3.8) is 0 Å². The molecule has 84 heavy (non-hydrogen) atoms. The van der Waals surface area contributed by atoms with E-state index < -0.39 is 23.9 Å². The first-order valence-electron chi connectivity index (χ1n) is 30.2. The number of likely N-dealkylation sites (tertiary alicyclic amines) is 1. The Labute approximate surface area is 493 Å². The number of rotatable bonds is 16. The molecule has 3 amide bonds. The zero-order chi connectivity index (χ0) is 58.2. The molecule has 0 radical (unpaired) electrons. The van der Waals surface area contributed by atoms with Crippen molar-refractivity contribution in [2.24, 2.45) is 5.92 Å². The first-order valence-corrected chi connectivity index (χ1v) is 31.1. The first kappa shape index (κ1) is 57.2. The Morgan fingerprint density at radius 3 is 2.42 bits per heavy atom. The fraction of sp³-hybridized carbons (Fsp3) is 0.500. The summed E-state index contributed by atoms with van der Waals surface area (Å²) in [5.74, 6) is -0.491. The van der Waals surface area contributed by atoms with Crippen molar-refractivity contribution in [1.29, 1.82) is 0 Å². The lowest BCUT2D eigenvalue weighted by molar-refractivity contribution is -0.141. The number of carbonyl (C=O) groups excluding carboxylic acids is 3. The molecule has 6 atom stereocenters. The van der Waals surface area contributed by atoms with Crippen molar-refractivity contribution in [3.8, 4) is 27.7 Å². The Balaban J connectivity index is 0.662. The van der Waals surface area contributed by atoms with E-state index in [0.29, 0.717) is 55.6 Å². The minimum Gasteiger partial charge on any atom is -0.461 e. The Hall–Kier alpha value is -7.29. The monoisotopic (exact) mass is 1160 g/mol. The number of aromatic nitrogens is 5. The number of ether oxygens (including phenoxy) is 2. The number of thiazole rings is 1. The van der Waals surface area contributed by atoms with Crippen LogP contribution in [0.1, 0.15) is 120 Å². The van der Waals surface area contributed by atoms with Crippen LogP contribution in [0.15, 0.2) is 83.0 Å². The maximum atomic E-state index is 17.2. The van der Waals surface area contributed by atoms with E-state index >= 15 is 4.39 Å². The van der Waals surface area contributed by atoms with Gasteiger partial charge in [0.25, 0.3) is 0 Å². The van der Waals surface area contributed by atoms with Crippen LogP contribution in [0, 0.1) is 18.7 Å². The van der Waals surface area contributed by atoms with Crippen LogP contribution in [-0.4, -0.2) is 152 Å². The SMILES string of the molecule is CCc1cccc2cccc(-c3ncc4c(N5CCCCCC5)nc(OC[C@@]56CCCN5[C@@H](COC(=O)N5CCN(c7cc([C@H](C(=O)N8C[C@H](O)C[C@H]8C(=O)N[C@@H](C)c8ccc(-c9scnc9C)cc8)C(C)C)on7)CC5)CC6)nc4c3F)c12. The van der Waals surface area contributed by atoms with Gasteiger partial charge >= 0.3 is 12.1 Å². The highest BCUT2D eigenvalue weighted by Crippen LogP contribution is 2.44. The molecule has 3 aromatic carbocycles. The van der Waals surface area contributed by atoms with Crippen molar-refractivity contribution < 1.29 is 37.9 Å². The summed E-state index contributed by atoms with van der Waals surface area (Å²) in [4.78, 5) is 72.1. The van der Waals surface area contributed by atoms with Gasteiger partial charge < -0.3 is 44.0 Å². The topological polar surface area (TPSA) is 196 Å². The van der Waals surface area contributed by atoms with E-state index in [1.54, 1.807) is 28.5 Å². The number of piperazine rings is 1. The van der Waals surface area contributed by atoms with Gasteiger partial charge in [0.05, 0.1) is 39.2 Å². The van der Waals surface area contributed by atoms with Crippen molar-refractivity contribution in [3.05, 3.63) is 107 Å². The maximum Gasteiger partial charge on any atom is 0.409 e. The fourth-order valence-electron chi connectivity index (χ4n) is 13.8. The second-order valence-electron chi connectivity index (χ2n) is 24.0. The minimum atomic E-state index is -0.858. The van der Waals surface area contributed by atoms with Gasteiger partial charge in [-0.25, -0.2) is 14.2 Å². The number of pyridine rings is 1. The highest BCUT2D eigenvalue weighted by Gasteiger charge is 2.51. The number of benzene rings is 3. The molecule has 5 fully saturated rings. The maximum absolute atomic E-state index is 17.2. The van der Waals surface area contributed by atoms with Gasteiger partial charge in [-0.2, -0.15) is 9.97 Å². The molecular weight excluding hydrogens is 1090 g/mol. The predicted octanol–water partition coefficient (Wildman–Crippen LogP) is 10.3.